The van der Waals surface area contributed by atoms with Crippen LogP contribution in [-0.4, -0.2) is 18.7 Å². The number of benzene rings is 2. The normalized spacial score (nSPS) is 9.90. The Morgan fingerprint density at radius 3 is 2.15 bits per heavy atom. The Bertz CT molecular complexity index is 650. The molecule has 0 aromatic heterocycles. The first-order valence-electron chi connectivity index (χ1n) is 6.30. The lowest BCUT2D eigenvalue weighted by atomic mass is 10.1. The highest BCUT2D eigenvalue weighted by Crippen LogP contribution is 2.15. The van der Waals surface area contributed by atoms with Crippen LogP contribution in [0.1, 0.15) is 27.6 Å². The van der Waals surface area contributed by atoms with Crippen molar-refractivity contribution in [2.75, 3.05) is 17.7 Å². The summed E-state index contributed by atoms with van der Waals surface area (Å²) in [4.78, 5) is 23.5. The zero-order chi connectivity index (χ0) is 14.5. The Morgan fingerprint density at radius 2 is 1.50 bits per heavy atom. The maximum absolute atomic E-state index is 12.1. The van der Waals surface area contributed by atoms with E-state index in [9.17, 15) is 9.59 Å². The number of hydrogen-bond donors (Lipinski definition) is 2. The van der Waals surface area contributed by atoms with E-state index < -0.39 is 0 Å². The molecular weight excluding hydrogens is 252 g/mol. The number of Topliss-reactive ketones (excluding diaryl/α,β-unsaturated/α-hetero) is 1. The predicted molar refractivity (Wildman–Crippen MR) is 80.4 cm³/mol. The van der Waals surface area contributed by atoms with E-state index in [1.807, 2.05) is 12.1 Å². The average molecular weight is 268 g/mol. The molecular formula is C16H16N2O2. The number of carbonyl (C=O) groups is 2. The van der Waals surface area contributed by atoms with Gasteiger partial charge in [0.2, 0.25) is 0 Å². The Labute approximate surface area is 117 Å². The summed E-state index contributed by atoms with van der Waals surface area (Å²) in [5.41, 5.74) is 2.62. The Kier molecular flexibility index (Phi) is 4.15. The van der Waals surface area contributed by atoms with E-state index >= 15 is 0 Å². The molecule has 0 bridgehead atoms. The summed E-state index contributed by atoms with van der Waals surface area (Å²) in [5.74, 6) is -0.235. The number of rotatable bonds is 4. The molecule has 102 valence electrons. The van der Waals surface area contributed by atoms with Crippen LogP contribution >= 0.6 is 0 Å². The molecule has 0 fully saturated rings. The van der Waals surface area contributed by atoms with Gasteiger partial charge in [-0.25, -0.2) is 0 Å². The molecule has 2 aromatic carbocycles. The third-order valence-corrected chi connectivity index (χ3v) is 2.94. The van der Waals surface area contributed by atoms with Gasteiger partial charge in [-0.15, -0.1) is 0 Å². The fraction of sp³-hybridized carbons (Fsp3) is 0.125. The first-order valence-corrected chi connectivity index (χ1v) is 6.30. The quantitative estimate of drug-likeness (QED) is 0.837. The molecule has 0 radical (unpaired) electrons. The number of amides is 1. The van der Waals surface area contributed by atoms with Gasteiger partial charge in [0.1, 0.15) is 0 Å². The summed E-state index contributed by atoms with van der Waals surface area (Å²) in [6.45, 7) is 1.50. The van der Waals surface area contributed by atoms with Crippen LogP contribution in [-0.2, 0) is 0 Å². The standard InChI is InChI=1S/C16H16N2O2/c1-11(19)12-5-3-8-15(9-12)18-16(20)13-6-4-7-14(10-13)17-2/h3-10,17H,1-2H3,(H,18,20). The Hall–Kier alpha value is -2.62. The number of carbonyl (C=O) groups excluding carboxylic acids is 2. The first-order chi connectivity index (χ1) is 9.60. The second-order valence-corrected chi connectivity index (χ2v) is 4.42. The Morgan fingerprint density at radius 1 is 0.900 bits per heavy atom. The Balaban J connectivity index is 2.18. The molecule has 0 saturated carbocycles. The fourth-order valence-corrected chi connectivity index (χ4v) is 1.84. The lowest BCUT2D eigenvalue weighted by Crippen LogP contribution is -2.12. The summed E-state index contributed by atoms with van der Waals surface area (Å²) in [5, 5.41) is 5.77. The second-order valence-electron chi connectivity index (χ2n) is 4.42. The lowest BCUT2D eigenvalue weighted by Gasteiger charge is -2.07. The molecule has 4 nitrogen and oxygen atoms in total. The maximum Gasteiger partial charge on any atom is 0.255 e. The molecule has 0 heterocycles. The maximum atomic E-state index is 12.1. The molecule has 0 atom stereocenters. The van der Waals surface area contributed by atoms with Crippen LogP contribution in [0, 0.1) is 0 Å². The van der Waals surface area contributed by atoms with Gasteiger partial charge in [-0.3, -0.25) is 9.59 Å². The van der Waals surface area contributed by atoms with Crippen molar-refractivity contribution in [3.63, 3.8) is 0 Å². The van der Waals surface area contributed by atoms with E-state index in [0.717, 1.165) is 5.69 Å². The van der Waals surface area contributed by atoms with Gasteiger partial charge < -0.3 is 10.6 Å². The summed E-state index contributed by atoms with van der Waals surface area (Å²) in [7, 11) is 1.80. The number of anilines is 2. The van der Waals surface area contributed by atoms with Crippen LogP contribution in [0.25, 0.3) is 0 Å². The van der Waals surface area contributed by atoms with Gasteiger partial charge in [0.15, 0.2) is 5.78 Å². The fourth-order valence-electron chi connectivity index (χ4n) is 1.84. The van der Waals surface area contributed by atoms with Crippen LogP contribution in [0.3, 0.4) is 0 Å². The molecule has 0 unspecified atom stereocenters. The minimum atomic E-state index is -0.206. The largest absolute Gasteiger partial charge is 0.388 e. The summed E-state index contributed by atoms with van der Waals surface area (Å²) in [6.07, 6.45) is 0. The molecule has 2 aromatic rings. The smallest absolute Gasteiger partial charge is 0.255 e. The van der Waals surface area contributed by atoms with Crippen LogP contribution < -0.4 is 10.6 Å². The number of nitrogens with one attached hydrogen (secondary N) is 2. The van der Waals surface area contributed by atoms with Gasteiger partial charge in [0.05, 0.1) is 0 Å². The predicted octanol–water partition coefficient (Wildman–Crippen LogP) is 3.18. The minimum absolute atomic E-state index is 0.0294. The molecule has 4 heteroatoms. The van der Waals surface area contributed by atoms with E-state index in [-0.39, 0.29) is 11.7 Å². The topological polar surface area (TPSA) is 58.2 Å². The first kappa shape index (κ1) is 13.8. The molecule has 20 heavy (non-hydrogen) atoms. The molecule has 1 amide bonds. The van der Waals surface area contributed by atoms with E-state index in [1.54, 1.807) is 43.4 Å². The molecule has 0 aliphatic rings. The van der Waals surface area contributed by atoms with Gasteiger partial charge in [-0.1, -0.05) is 18.2 Å². The highest BCUT2D eigenvalue weighted by atomic mass is 16.1. The van der Waals surface area contributed by atoms with Crippen LogP contribution in [0.2, 0.25) is 0 Å². The van der Waals surface area contributed by atoms with Crippen molar-refractivity contribution in [1.29, 1.82) is 0 Å². The highest BCUT2D eigenvalue weighted by Gasteiger charge is 2.07. The van der Waals surface area contributed by atoms with Gasteiger partial charge >= 0.3 is 0 Å². The third-order valence-electron chi connectivity index (χ3n) is 2.94. The van der Waals surface area contributed by atoms with Crippen molar-refractivity contribution in [3.8, 4) is 0 Å². The van der Waals surface area contributed by atoms with Gasteiger partial charge in [-0.05, 0) is 37.3 Å². The van der Waals surface area contributed by atoms with E-state index in [2.05, 4.69) is 10.6 Å². The third kappa shape index (κ3) is 3.23. The van der Waals surface area contributed by atoms with Crippen LogP contribution in [0.5, 0.6) is 0 Å². The van der Waals surface area contributed by atoms with Crippen molar-refractivity contribution < 1.29 is 9.59 Å². The SMILES string of the molecule is CNc1cccc(C(=O)Nc2cccc(C(C)=O)c2)c1. The molecule has 0 aliphatic heterocycles. The second kappa shape index (κ2) is 6.02. The summed E-state index contributed by atoms with van der Waals surface area (Å²) >= 11 is 0. The van der Waals surface area contributed by atoms with Crippen molar-refractivity contribution in [2.24, 2.45) is 0 Å². The van der Waals surface area contributed by atoms with Crippen molar-refractivity contribution in [1.82, 2.24) is 0 Å². The minimum Gasteiger partial charge on any atom is -0.388 e. The van der Waals surface area contributed by atoms with Crippen LogP contribution in [0.4, 0.5) is 11.4 Å². The molecule has 2 rings (SSSR count). The number of hydrogen-bond acceptors (Lipinski definition) is 3. The summed E-state index contributed by atoms with van der Waals surface area (Å²) < 4.78 is 0. The molecule has 0 spiro atoms. The van der Waals surface area contributed by atoms with Crippen LogP contribution in [0.15, 0.2) is 48.5 Å². The molecule has 0 saturated heterocycles. The highest BCUT2D eigenvalue weighted by molar-refractivity contribution is 6.05. The van der Waals surface area contributed by atoms with Crippen molar-refractivity contribution in [2.45, 2.75) is 6.92 Å². The lowest BCUT2D eigenvalue weighted by molar-refractivity contribution is 0.101. The van der Waals surface area contributed by atoms with Gasteiger partial charge in [0.25, 0.3) is 5.91 Å². The van der Waals surface area contributed by atoms with Gasteiger partial charge in [0, 0.05) is 29.5 Å². The summed E-state index contributed by atoms with van der Waals surface area (Å²) in [6, 6.07) is 14.1. The van der Waals surface area contributed by atoms with E-state index in [0.29, 0.717) is 16.8 Å². The van der Waals surface area contributed by atoms with Gasteiger partial charge in [-0.2, -0.15) is 0 Å². The van der Waals surface area contributed by atoms with E-state index in [4.69, 9.17) is 0 Å². The molecule has 2 N–H and O–H groups in total. The zero-order valence-electron chi connectivity index (χ0n) is 11.4. The van der Waals surface area contributed by atoms with E-state index in [1.165, 1.54) is 6.92 Å². The average Bonchev–Trinajstić information content (AvgIpc) is 2.47. The monoisotopic (exact) mass is 268 g/mol. The van der Waals surface area contributed by atoms with Crippen molar-refractivity contribution >= 4 is 23.1 Å². The zero-order valence-corrected chi connectivity index (χ0v) is 11.4. The number of ketones is 1. The van der Waals surface area contributed by atoms with Crippen molar-refractivity contribution in [3.05, 3.63) is 59.7 Å². The molecule has 0 aliphatic carbocycles.